The van der Waals surface area contributed by atoms with Crippen molar-refractivity contribution in [2.24, 2.45) is 0 Å². The van der Waals surface area contributed by atoms with Crippen LogP contribution in [0.2, 0.25) is 0 Å². The number of methoxy groups -OCH3 is 1. The smallest absolute Gasteiger partial charge is 0.261 e. The lowest BCUT2D eigenvalue weighted by Gasteiger charge is -2.12. The molecule has 9 heteroatoms. The zero-order valence-corrected chi connectivity index (χ0v) is 18.6. The Kier molecular flexibility index (Phi) is 5.97. The summed E-state index contributed by atoms with van der Waals surface area (Å²) in [5.41, 5.74) is 1.88. The van der Waals surface area contributed by atoms with Gasteiger partial charge in [0.25, 0.3) is 15.9 Å². The molecule has 1 amide bonds. The van der Waals surface area contributed by atoms with Crippen molar-refractivity contribution >= 4 is 38.2 Å². The van der Waals surface area contributed by atoms with Crippen molar-refractivity contribution in [1.29, 1.82) is 0 Å². The first kappa shape index (κ1) is 22.2. The number of hydrogen-bond donors (Lipinski definition) is 2. The summed E-state index contributed by atoms with van der Waals surface area (Å²) in [5.74, 6) is -0.479. The van der Waals surface area contributed by atoms with Gasteiger partial charge in [0.1, 0.15) is 17.1 Å². The molecule has 33 heavy (non-hydrogen) atoms. The molecule has 4 rings (SSSR count). The van der Waals surface area contributed by atoms with E-state index in [4.69, 9.17) is 4.74 Å². The highest BCUT2D eigenvalue weighted by Crippen LogP contribution is 2.30. The SMILES string of the molecule is COc1ccc(NC(=O)c2cccc(NS(=O)(=O)c3ccc(C)c(F)c3)c2)c2cccnc12. The molecule has 0 spiro atoms. The van der Waals surface area contributed by atoms with Crippen LogP contribution in [0, 0.1) is 12.7 Å². The number of hydrogen-bond acceptors (Lipinski definition) is 5. The number of halogens is 1. The van der Waals surface area contributed by atoms with Crippen molar-refractivity contribution < 1.29 is 22.3 Å². The molecule has 7 nitrogen and oxygen atoms in total. The average molecular weight is 466 g/mol. The second kappa shape index (κ2) is 8.87. The van der Waals surface area contributed by atoms with Gasteiger partial charge >= 0.3 is 0 Å². The molecule has 0 saturated carbocycles. The second-order valence-electron chi connectivity index (χ2n) is 7.27. The Hall–Kier alpha value is -3.98. The van der Waals surface area contributed by atoms with Gasteiger partial charge in [-0.2, -0.15) is 0 Å². The van der Waals surface area contributed by atoms with Crippen molar-refractivity contribution in [3.63, 3.8) is 0 Å². The number of benzene rings is 3. The third-order valence-corrected chi connectivity index (χ3v) is 6.41. The van der Waals surface area contributed by atoms with Gasteiger partial charge in [0, 0.05) is 22.8 Å². The number of anilines is 2. The summed E-state index contributed by atoms with van der Waals surface area (Å²) < 4.78 is 46.8. The number of carbonyl (C=O) groups is 1. The highest BCUT2D eigenvalue weighted by molar-refractivity contribution is 7.92. The Balaban J connectivity index is 1.59. The molecular formula is C24H20FN3O4S. The molecule has 4 aromatic rings. The third kappa shape index (κ3) is 4.63. The highest BCUT2D eigenvalue weighted by Gasteiger charge is 2.17. The monoisotopic (exact) mass is 465 g/mol. The van der Waals surface area contributed by atoms with Gasteiger partial charge in [0.05, 0.1) is 17.7 Å². The fraction of sp³-hybridized carbons (Fsp3) is 0.0833. The standard InChI is InChI=1S/C24H20FN3O4S/c1-15-8-9-18(14-20(15)25)33(30,31)28-17-6-3-5-16(13-17)24(29)27-21-10-11-22(32-2)23-19(21)7-4-12-26-23/h3-14,28H,1-2H3,(H,27,29). The number of pyridine rings is 1. The molecule has 0 saturated heterocycles. The number of fused-ring (bicyclic) bond motifs is 1. The molecule has 0 fully saturated rings. The van der Waals surface area contributed by atoms with Crippen molar-refractivity contribution in [3.8, 4) is 5.75 Å². The van der Waals surface area contributed by atoms with E-state index in [9.17, 15) is 17.6 Å². The molecule has 0 unspecified atom stereocenters. The Morgan fingerprint density at radius 3 is 2.61 bits per heavy atom. The summed E-state index contributed by atoms with van der Waals surface area (Å²) in [7, 11) is -2.49. The molecule has 168 valence electrons. The molecule has 0 aliphatic rings. The molecule has 1 heterocycles. The molecule has 1 aromatic heterocycles. The minimum atomic E-state index is -4.03. The fourth-order valence-corrected chi connectivity index (χ4v) is 4.35. The van der Waals surface area contributed by atoms with E-state index in [0.717, 1.165) is 6.07 Å². The first-order valence-electron chi connectivity index (χ1n) is 9.90. The van der Waals surface area contributed by atoms with Crippen LogP contribution in [0.1, 0.15) is 15.9 Å². The van der Waals surface area contributed by atoms with E-state index in [1.54, 1.807) is 50.6 Å². The zero-order chi connectivity index (χ0) is 23.6. The van der Waals surface area contributed by atoms with Crippen LogP contribution in [0.5, 0.6) is 5.75 Å². The normalized spacial score (nSPS) is 11.2. The van der Waals surface area contributed by atoms with Gasteiger partial charge in [0.2, 0.25) is 0 Å². The lowest BCUT2D eigenvalue weighted by molar-refractivity contribution is 0.102. The second-order valence-corrected chi connectivity index (χ2v) is 8.95. The lowest BCUT2D eigenvalue weighted by Crippen LogP contribution is -2.15. The quantitative estimate of drug-likeness (QED) is 0.429. The fourth-order valence-electron chi connectivity index (χ4n) is 3.29. The summed E-state index contributed by atoms with van der Waals surface area (Å²) in [6.07, 6.45) is 1.63. The molecule has 0 aliphatic heterocycles. The molecule has 0 atom stereocenters. The third-order valence-electron chi connectivity index (χ3n) is 5.03. The number of ether oxygens (including phenoxy) is 1. The summed E-state index contributed by atoms with van der Waals surface area (Å²) >= 11 is 0. The predicted octanol–water partition coefficient (Wildman–Crippen LogP) is 4.74. The molecule has 0 radical (unpaired) electrons. The topological polar surface area (TPSA) is 97.4 Å². The maximum absolute atomic E-state index is 13.8. The van der Waals surface area contributed by atoms with Crippen molar-refractivity contribution in [3.05, 3.63) is 89.9 Å². The van der Waals surface area contributed by atoms with Crippen LogP contribution in [0.4, 0.5) is 15.8 Å². The molecular weight excluding hydrogens is 445 g/mol. The summed E-state index contributed by atoms with van der Waals surface area (Å²) in [6.45, 7) is 1.54. The van der Waals surface area contributed by atoms with Crippen molar-refractivity contribution in [2.45, 2.75) is 11.8 Å². The van der Waals surface area contributed by atoms with Crippen LogP contribution in [-0.2, 0) is 10.0 Å². The highest BCUT2D eigenvalue weighted by atomic mass is 32.2. The maximum atomic E-state index is 13.8. The number of carbonyl (C=O) groups excluding carboxylic acids is 1. The van der Waals surface area contributed by atoms with Gasteiger partial charge in [-0.15, -0.1) is 0 Å². The average Bonchev–Trinajstić information content (AvgIpc) is 2.81. The minimum absolute atomic E-state index is 0.171. The lowest BCUT2D eigenvalue weighted by atomic mass is 10.1. The Morgan fingerprint density at radius 1 is 1.03 bits per heavy atom. The number of aromatic nitrogens is 1. The summed E-state index contributed by atoms with van der Waals surface area (Å²) in [4.78, 5) is 17.0. The number of amides is 1. The first-order valence-corrected chi connectivity index (χ1v) is 11.4. The molecule has 0 bridgehead atoms. The Bertz CT molecular complexity index is 1470. The zero-order valence-electron chi connectivity index (χ0n) is 17.8. The van der Waals surface area contributed by atoms with E-state index in [2.05, 4.69) is 15.0 Å². The molecule has 3 aromatic carbocycles. The number of aryl methyl sites for hydroxylation is 1. The summed E-state index contributed by atoms with van der Waals surface area (Å²) in [6, 6.07) is 16.7. The van der Waals surface area contributed by atoms with Crippen LogP contribution < -0.4 is 14.8 Å². The largest absolute Gasteiger partial charge is 0.494 e. The van der Waals surface area contributed by atoms with Gasteiger partial charge in [-0.1, -0.05) is 12.1 Å². The number of nitrogens with zero attached hydrogens (tertiary/aromatic N) is 1. The molecule has 2 N–H and O–H groups in total. The van der Waals surface area contributed by atoms with Crippen LogP contribution in [0.15, 0.2) is 77.8 Å². The van der Waals surface area contributed by atoms with Crippen LogP contribution >= 0.6 is 0 Å². The van der Waals surface area contributed by atoms with Crippen molar-refractivity contribution in [2.75, 3.05) is 17.1 Å². The van der Waals surface area contributed by atoms with Gasteiger partial charge in [-0.25, -0.2) is 12.8 Å². The first-order chi connectivity index (χ1) is 15.8. The van der Waals surface area contributed by atoms with E-state index < -0.39 is 21.7 Å². The van der Waals surface area contributed by atoms with Crippen LogP contribution in [0.25, 0.3) is 10.9 Å². The van der Waals surface area contributed by atoms with Gasteiger partial charge in [-0.05, 0) is 67.1 Å². The van der Waals surface area contributed by atoms with E-state index in [1.165, 1.54) is 24.3 Å². The van der Waals surface area contributed by atoms with Crippen LogP contribution in [-0.4, -0.2) is 26.4 Å². The number of nitrogens with one attached hydrogen (secondary N) is 2. The van der Waals surface area contributed by atoms with Crippen LogP contribution in [0.3, 0.4) is 0 Å². The Labute approximate surface area is 190 Å². The Morgan fingerprint density at radius 2 is 1.85 bits per heavy atom. The maximum Gasteiger partial charge on any atom is 0.261 e. The van der Waals surface area contributed by atoms with E-state index in [0.29, 0.717) is 27.9 Å². The van der Waals surface area contributed by atoms with Gasteiger partial charge in [-0.3, -0.25) is 14.5 Å². The van der Waals surface area contributed by atoms with E-state index >= 15 is 0 Å². The number of sulfonamides is 1. The van der Waals surface area contributed by atoms with E-state index in [-0.39, 0.29) is 16.1 Å². The van der Waals surface area contributed by atoms with Crippen molar-refractivity contribution in [1.82, 2.24) is 4.98 Å². The summed E-state index contributed by atoms with van der Waals surface area (Å²) in [5, 5.41) is 3.52. The predicted molar refractivity (Wildman–Crippen MR) is 125 cm³/mol. The number of rotatable bonds is 6. The minimum Gasteiger partial charge on any atom is -0.494 e. The van der Waals surface area contributed by atoms with Gasteiger partial charge in [0.15, 0.2) is 0 Å². The molecule has 0 aliphatic carbocycles. The van der Waals surface area contributed by atoms with E-state index in [1.807, 2.05) is 6.07 Å². The van der Waals surface area contributed by atoms with Gasteiger partial charge < -0.3 is 10.1 Å².